The summed E-state index contributed by atoms with van der Waals surface area (Å²) in [5.41, 5.74) is 1.69. The third-order valence-electron chi connectivity index (χ3n) is 3.84. The van der Waals surface area contributed by atoms with Crippen LogP contribution < -0.4 is 5.32 Å². The molecule has 27 heavy (non-hydrogen) atoms. The van der Waals surface area contributed by atoms with Gasteiger partial charge in [-0.15, -0.1) is 0 Å². The average Bonchev–Trinajstić information content (AvgIpc) is 2.69. The molecule has 0 radical (unpaired) electrons. The Morgan fingerprint density at radius 1 is 1.15 bits per heavy atom. The molecule has 0 fully saturated rings. The van der Waals surface area contributed by atoms with Gasteiger partial charge < -0.3 is 10.1 Å². The summed E-state index contributed by atoms with van der Waals surface area (Å²) in [4.78, 5) is 33.5. The summed E-state index contributed by atoms with van der Waals surface area (Å²) in [7, 11) is 0. The van der Waals surface area contributed by atoms with E-state index in [0.29, 0.717) is 12.1 Å². The predicted octanol–water partition coefficient (Wildman–Crippen LogP) is 3.07. The van der Waals surface area contributed by atoms with Crippen molar-refractivity contribution in [3.8, 4) is 0 Å². The average molecular weight is 368 g/mol. The van der Waals surface area contributed by atoms with Gasteiger partial charge in [-0.05, 0) is 35.3 Å². The summed E-state index contributed by atoms with van der Waals surface area (Å²) in [6.07, 6.45) is 2.63. The molecule has 2 rings (SSSR count). The van der Waals surface area contributed by atoms with Crippen LogP contribution in [0.2, 0.25) is 0 Å². The molecule has 0 aliphatic heterocycles. The molecule has 0 saturated carbocycles. The number of rotatable bonds is 8. The van der Waals surface area contributed by atoms with Gasteiger partial charge in [-0.3, -0.25) is 14.9 Å². The molecule has 7 nitrogen and oxygen atoms in total. The van der Waals surface area contributed by atoms with Crippen LogP contribution in [-0.4, -0.2) is 30.0 Å². The van der Waals surface area contributed by atoms with Gasteiger partial charge in [0.1, 0.15) is 0 Å². The Bertz CT molecular complexity index is 816. The Hall–Kier alpha value is -3.48. The number of nitro benzene ring substituents is 1. The molecule has 0 aliphatic rings. The highest BCUT2D eigenvalue weighted by Crippen LogP contribution is 2.13. The second-order valence-corrected chi connectivity index (χ2v) is 5.91. The number of carbonyl (C=O) groups is 2. The van der Waals surface area contributed by atoms with E-state index in [9.17, 15) is 19.7 Å². The van der Waals surface area contributed by atoms with Gasteiger partial charge in [0.05, 0.1) is 4.92 Å². The van der Waals surface area contributed by atoms with Gasteiger partial charge in [-0.1, -0.05) is 37.3 Å². The van der Waals surface area contributed by atoms with Crippen LogP contribution in [0.25, 0.3) is 6.08 Å². The predicted molar refractivity (Wildman–Crippen MR) is 101 cm³/mol. The SMILES string of the molecule is C[C@H](CNC(=O)COC(=O)/C=C/c1ccc([N+](=O)[O-])cc1)c1ccccc1. The first-order valence-corrected chi connectivity index (χ1v) is 8.36. The number of ether oxygens (including phenoxy) is 1. The van der Waals surface area contributed by atoms with E-state index in [4.69, 9.17) is 4.74 Å². The number of non-ortho nitro benzene ring substituents is 1. The minimum absolute atomic E-state index is 0.0314. The largest absolute Gasteiger partial charge is 0.452 e. The van der Waals surface area contributed by atoms with E-state index >= 15 is 0 Å². The highest BCUT2D eigenvalue weighted by atomic mass is 16.6. The number of amides is 1. The highest BCUT2D eigenvalue weighted by Gasteiger charge is 2.09. The summed E-state index contributed by atoms with van der Waals surface area (Å²) >= 11 is 0. The number of nitrogens with zero attached hydrogens (tertiary/aromatic N) is 1. The first-order valence-electron chi connectivity index (χ1n) is 8.36. The smallest absolute Gasteiger partial charge is 0.331 e. The van der Waals surface area contributed by atoms with Crippen molar-refractivity contribution in [3.05, 3.63) is 81.9 Å². The maximum absolute atomic E-state index is 11.8. The first kappa shape index (κ1) is 19.8. The van der Waals surface area contributed by atoms with Crippen LogP contribution in [-0.2, 0) is 14.3 Å². The number of benzene rings is 2. The quantitative estimate of drug-likeness (QED) is 0.334. The van der Waals surface area contributed by atoms with Crippen molar-refractivity contribution in [1.29, 1.82) is 0 Å². The van der Waals surface area contributed by atoms with Gasteiger partial charge >= 0.3 is 5.97 Å². The lowest BCUT2D eigenvalue weighted by Gasteiger charge is -2.12. The minimum atomic E-state index is -0.667. The third kappa shape index (κ3) is 6.74. The fourth-order valence-corrected chi connectivity index (χ4v) is 2.27. The van der Waals surface area contributed by atoms with Crippen molar-refractivity contribution in [1.82, 2.24) is 5.32 Å². The van der Waals surface area contributed by atoms with Crippen molar-refractivity contribution in [2.75, 3.05) is 13.2 Å². The molecule has 2 aromatic rings. The molecule has 1 atom stereocenters. The number of esters is 1. The van der Waals surface area contributed by atoms with E-state index in [1.54, 1.807) is 0 Å². The number of nitro groups is 1. The van der Waals surface area contributed by atoms with Crippen LogP contribution in [0.1, 0.15) is 24.0 Å². The molecule has 0 heterocycles. The number of hydrogen-bond donors (Lipinski definition) is 1. The number of hydrogen-bond acceptors (Lipinski definition) is 5. The van der Waals surface area contributed by atoms with E-state index < -0.39 is 10.9 Å². The minimum Gasteiger partial charge on any atom is -0.452 e. The first-order chi connectivity index (χ1) is 13.0. The Morgan fingerprint density at radius 2 is 1.81 bits per heavy atom. The van der Waals surface area contributed by atoms with Gasteiger partial charge in [-0.2, -0.15) is 0 Å². The lowest BCUT2D eigenvalue weighted by molar-refractivity contribution is -0.384. The Morgan fingerprint density at radius 3 is 2.44 bits per heavy atom. The zero-order valence-electron chi connectivity index (χ0n) is 14.8. The Labute approximate surface area is 156 Å². The fourth-order valence-electron chi connectivity index (χ4n) is 2.27. The van der Waals surface area contributed by atoms with Crippen molar-refractivity contribution in [2.24, 2.45) is 0 Å². The third-order valence-corrected chi connectivity index (χ3v) is 3.84. The molecular weight excluding hydrogens is 348 g/mol. The van der Waals surface area contributed by atoms with Crippen LogP contribution in [0.5, 0.6) is 0 Å². The monoisotopic (exact) mass is 368 g/mol. The summed E-state index contributed by atoms with van der Waals surface area (Å²) in [6, 6.07) is 15.5. The summed E-state index contributed by atoms with van der Waals surface area (Å²) < 4.78 is 4.88. The highest BCUT2D eigenvalue weighted by molar-refractivity contribution is 5.89. The molecule has 0 unspecified atom stereocenters. The Kier molecular flexibility index (Phi) is 7.25. The fraction of sp³-hybridized carbons (Fsp3) is 0.200. The second kappa shape index (κ2) is 9.86. The molecule has 140 valence electrons. The molecule has 1 amide bonds. The van der Waals surface area contributed by atoms with Crippen LogP contribution in [0, 0.1) is 10.1 Å². The van der Waals surface area contributed by atoms with E-state index in [-0.39, 0.29) is 24.1 Å². The van der Waals surface area contributed by atoms with Gasteiger partial charge in [0.15, 0.2) is 6.61 Å². The topological polar surface area (TPSA) is 98.5 Å². The molecular formula is C20H20N2O5. The van der Waals surface area contributed by atoms with Gasteiger partial charge in [0.2, 0.25) is 0 Å². The van der Waals surface area contributed by atoms with Crippen molar-refractivity contribution in [2.45, 2.75) is 12.8 Å². The van der Waals surface area contributed by atoms with E-state index in [2.05, 4.69) is 5.32 Å². The lowest BCUT2D eigenvalue weighted by atomic mass is 10.0. The molecule has 0 aliphatic carbocycles. The molecule has 0 bridgehead atoms. The van der Waals surface area contributed by atoms with E-state index in [1.165, 1.54) is 36.4 Å². The van der Waals surface area contributed by atoms with Crippen molar-refractivity contribution < 1.29 is 19.2 Å². The maximum atomic E-state index is 11.8. The summed E-state index contributed by atoms with van der Waals surface area (Å²) in [6.45, 7) is 2.07. The molecule has 0 aromatic heterocycles. The van der Waals surface area contributed by atoms with Crippen LogP contribution in [0.3, 0.4) is 0 Å². The zero-order valence-corrected chi connectivity index (χ0v) is 14.8. The normalized spacial score (nSPS) is 11.7. The van der Waals surface area contributed by atoms with Crippen LogP contribution in [0.15, 0.2) is 60.7 Å². The zero-order chi connectivity index (χ0) is 19.6. The molecule has 0 spiro atoms. The molecule has 1 N–H and O–H groups in total. The maximum Gasteiger partial charge on any atom is 0.331 e. The van der Waals surface area contributed by atoms with Crippen LogP contribution >= 0.6 is 0 Å². The number of nitrogens with one attached hydrogen (secondary N) is 1. The van der Waals surface area contributed by atoms with Crippen molar-refractivity contribution >= 4 is 23.6 Å². The van der Waals surface area contributed by atoms with E-state index in [0.717, 1.165) is 5.56 Å². The molecule has 2 aromatic carbocycles. The molecule has 0 saturated heterocycles. The second-order valence-electron chi connectivity index (χ2n) is 5.91. The van der Waals surface area contributed by atoms with E-state index in [1.807, 2.05) is 37.3 Å². The van der Waals surface area contributed by atoms with Crippen LogP contribution in [0.4, 0.5) is 5.69 Å². The molecule has 7 heteroatoms. The standard InChI is InChI=1S/C20H20N2O5/c1-15(17-5-3-2-4-6-17)13-21-19(23)14-27-20(24)12-9-16-7-10-18(11-8-16)22(25)26/h2-12,15H,13-14H2,1H3,(H,21,23)/b12-9+/t15-/m1/s1. The lowest BCUT2D eigenvalue weighted by Crippen LogP contribution is -2.31. The summed E-state index contributed by atoms with van der Waals surface area (Å²) in [5.74, 6) is -0.901. The summed E-state index contributed by atoms with van der Waals surface area (Å²) in [5, 5.41) is 13.3. The van der Waals surface area contributed by atoms with Crippen molar-refractivity contribution in [3.63, 3.8) is 0 Å². The van der Waals surface area contributed by atoms with Gasteiger partial charge in [-0.25, -0.2) is 4.79 Å². The Balaban J connectivity index is 1.72. The van der Waals surface area contributed by atoms with Gasteiger partial charge in [0.25, 0.3) is 11.6 Å². The van der Waals surface area contributed by atoms with Gasteiger partial charge in [0, 0.05) is 24.8 Å². The number of carbonyl (C=O) groups excluding carboxylic acids is 2.